The van der Waals surface area contributed by atoms with E-state index in [1.165, 1.54) is 24.1 Å². The first kappa shape index (κ1) is 6.29. The third-order valence-corrected chi connectivity index (χ3v) is 2.54. The summed E-state index contributed by atoms with van der Waals surface area (Å²) in [5.41, 5.74) is 2.69. The van der Waals surface area contributed by atoms with Crippen LogP contribution in [-0.2, 0) is 0 Å². The summed E-state index contributed by atoms with van der Waals surface area (Å²) in [7, 11) is 0. The highest BCUT2D eigenvalue weighted by Crippen LogP contribution is 2.27. The van der Waals surface area contributed by atoms with Gasteiger partial charge in [-0.25, -0.2) is 4.99 Å². The Morgan fingerprint density at radius 3 is 3.42 bits per heavy atom. The fraction of sp³-hybridized carbons (Fsp3) is 0.444. The summed E-state index contributed by atoms with van der Waals surface area (Å²) < 4.78 is 1.93. The van der Waals surface area contributed by atoms with Crippen LogP contribution in [0.3, 0.4) is 0 Å². The monoisotopic (exact) mass is 160 g/mol. The van der Waals surface area contributed by atoms with Crippen molar-refractivity contribution < 1.29 is 4.70 Å². The van der Waals surface area contributed by atoms with E-state index in [9.17, 15) is 0 Å². The van der Waals surface area contributed by atoms with E-state index in [2.05, 4.69) is 16.3 Å². The molecule has 3 rings (SSSR count). The smallest absolute Gasteiger partial charge is 0.215 e. The van der Waals surface area contributed by atoms with Crippen molar-refractivity contribution in [3.05, 3.63) is 24.0 Å². The fourth-order valence-corrected chi connectivity index (χ4v) is 1.92. The molecular formula is C9H10N3+. The molecule has 2 heterocycles. The second-order valence-electron chi connectivity index (χ2n) is 3.33. The summed E-state index contributed by atoms with van der Waals surface area (Å²) in [5, 5.41) is 4.19. The van der Waals surface area contributed by atoms with Crippen molar-refractivity contribution in [1.82, 2.24) is 0 Å². The maximum Gasteiger partial charge on any atom is 0.297 e. The minimum Gasteiger partial charge on any atom is -0.215 e. The van der Waals surface area contributed by atoms with E-state index in [1.807, 2.05) is 17.0 Å². The molecule has 0 aromatic heterocycles. The normalized spacial score (nSPS) is 30.7. The second kappa shape index (κ2) is 2.12. The van der Waals surface area contributed by atoms with Crippen molar-refractivity contribution in [2.24, 2.45) is 10.1 Å². The molecule has 0 amide bonds. The van der Waals surface area contributed by atoms with Gasteiger partial charge in [-0.3, -0.25) is 0 Å². The van der Waals surface area contributed by atoms with Gasteiger partial charge in [0.15, 0.2) is 0 Å². The van der Waals surface area contributed by atoms with Gasteiger partial charge in [-0.2, -0.15) is 0 Å². The topological polar surface area (TPSA) is 27.7 Å². The van der Waals surface area contributed by atoms with Crippen LogP contribution in [0.5, 0.6) is 0 Å². The highest BCUT2D eigenvalue weighted by atomic mass is 15.3. The first-order valence-corrected chi connectivity index (χ1v) is 4.37. The third-order valence-electron chi connectivity index (χ3n) is 2.54. The molecule has 3 aliphatic rings. The van der Waals surface area contributed by atoms with Gasteiger partial charge in [0.2, 0.25) is 6.20 Å². The Morgan fingerprint density at radius 1 is 1.42 bits per heavy atom. The summed E-state index contributed by atoms with van der Waals surface area (Å²) >= 11 is 0. The van der Waals surface area contributed by atoms with Crippen molar-refractivity contribution >= 4 is 5.71 Å². The molecule has 1 atom stereocenters. The Bertz CT molecular complexity index is 347. The molecule has 0 aromatic carbocycles. The average Bonchev–Trinajstić information content (AvgIpc) is 2.64. The van der Waals surface area contributed by atoms with Crippen LogP contribution in [0.1, 0.15) is 19.3 Å². The number of allylic oxidation sites excluding steroid dienone is 1. The lowest BCUT2D eigenvalue weighted by molar-refractivity contribution is -0.545. The van der Waals surface area contributed by atoms with Gasteiger partial charge in [0.25, 0.3) is 6.17 Å². The fourth-order valence-electron chi connectivity index (χ4n) is 1.92. The summed E-state index contributed by atoms with van der Waals surface area (Å²) in [5.74, 6) is 0. The summed E-state index contributed by atoms with van der Waals surface area (Å²) in [6, 6.07) is 0. The molecule has 60 valence electrons. The predicted molar refractivity (Wildman–Crippen MR) is 45.0 cm³/mol. The Hall–Kier alpha value is -1.25. The number of aliphatic imine (C=N–C) groups is 1. The predicted octanol–water partition coefficient (Wildman–Crippen LogP) is 1.83. The van der Waals surface area contributed by atoms with Crippen LogP contribution in [-0.4, -0.2) is 16.6 Å². The Morgan fingerprint density at radius 2 is 2.42 bits per heavy atom. The lowest BCUT2D eigenvalue weighted by Gasteiger charge is -2.06. The highest BCUT2D eigenvalue weighted by molar-refractivity contribution is 6.02. The summed E-state index contributed by atoms with van der Waals surface area (Å²) in [6.07, 6.45) is 9.75. The van der Waals surface area contributed by atoms with Gasteiger partial charge in [0.1, 0.15) is 0 Å². The van der Waals surface area contributed by atoms with Gasteiger partial charge in [0, 0.05) is 11.6 Å². The molecule has 3 nitrogen and oxygen atoms in total. The molecule has 3 heteroatoms. The Labute approximate surface area is 70.8 Å². The summed E-state index contributed by atoms with van der Waals surface area (Å²) in [6.45, 7) is 0. The number of hydrogen-bond acceptors (Lipinski definition) is 2. The van der Waals surface area contributed by atoms with E-state index in [4.69, 9.17) is 0 Å². The SMILES string of the molecule is C1=CC2N=C3CCCC3=C[N+]2=N1. The molecule has 0 bridgehead atoms. The van der Waals surface area contributed by atoms with E-state index < -0.39 is 0 Å². The van der Waals surface area contributed by atoms with Gasteiger partial charge < -0.3 is 0 Å². The molecule has 0 aromatic rings. The zero-order chi connectivity index (χ0) is 7.97. The van der Waals surface area contributed by atoms with Crippen molar-refractivity contribution in [3.63, 3.8) is 0 Å². The van der Waals surface area contributed by atoms with Crippen molar-refractivity contribution in [3.8, 4) is 0 Å². The molecule has 1 fully saturated rings. The van der Waals surface area contributed by atoms with Gasteiger partial charge in [0.05, 0.1) is 11.9 Å². The quantitative estimate of drug-likeness (QED) is 0.483. The van der Waals surface area contributed by atoms with Crippen LogP contribution < -0.4 is 0 Å². The first-order chi connectivity index (χ1) is 5.93. The van der Waals surface area contributed by atoms with Gasteiger partial charge in [-0.1, -0.05) is 4.70 Å². The van der Waals surface area contributed by atoms with Crippen LogP contribution in [0.2, 0.25) is 0 Å². The number of fused-ring (bicyclic) bond motifs is 2. The number of hydrogen-bond donors (Lipinski definition) is 0. The van der Waals surface area contributed by atoms with E-state index in [0.29, 0.717) is 0 Å². The van der Waals surface area contributed by atoms with Gasteiger partial charge in [-0.15, -0.1) is 0 Å². The van der Waals surface area contributed by atoms with E-state index in [0.717, 1.165) is 6.42 Å². The molecular weight excluding hydrogens is 150 g/mol. The van der Waals surface area contributed by atoms with E-state index >= 15 is 0 Å². The zero-order valence-corrected chi connectivity index (χ0v) is 6.77. The van der Waals surface area contributed by atoms with Crippen LogP contribution >= 0.6 is 0 Å². The zero-order valence-electron chi connectivity index (χ0n) is 6.77. The van der Waals surface area contributed by atoms with Crippen LogP contribution in [0.25, 0.3) is 0 Å². The van der Waals surface area contributed by atoms with E-state index in [1.54, 1.807) is 0 Å². The Balaban J connectivity index is 2.09. The van der Waals surface area contributed by atoms with Gasteiger partial charge in [-0.05, 0) is 24.4 Å². The second-order valence-corrected chi connectivity index (χ2v) is 3.33. The molecule has 1 unspecified atom stereocenters. The molecule has 0 N–H and O–H groups in total. The van der Waals surface area contributed by atoms with Crippen molar-refractivity contribution in [2.45, 2.75) is 25.4 Å². The lowest BCUT2D eigenvalue weighted by Crippen LogP contribution is -2.20. The molecule has 1 aliphatic carbocycles. The standard InChI is InChI=1S/C9H10N3/c1-2-7-6-12-9(4-5-10-12)11-8(7)3-1/h4-6,9H,1-3H2/q+1. The number of rotatable bonds is 0. The molecule has 1 saturated carbocycles. The lowest BCUT2D eigenvalue weighted by atomic mass is 10.2. The largest absolute Gasteiger partial charge is 0.297 e. The van der Waals surface area contributed by atoms with Crippen LogP contribution in [0.4, 0.5) is 0 Å². The minimum absolute atomic E-state index is 0.168. The molecule has 2 aliphatic heterocycles. The summed E-state index contributed by atoms with van der Waals surface area (Å²) in [4.78, 5) is 4.60. The van der Waals surface area contributed by atoms with Crippen molar-refractivity contribution in [1.29, 1.82) is 0 Å². The Kier molecular flexibility index (Phi) is 1.11. The van der Waals surface area contributed by atoms with Crippen molar-refractivity contribution in [2.75, 3.05) is 0 Å². The molecule has 12 heavy (non-hydrogen) atoms. The third kappa shape index (κ3) is 0.734. The average molecular weight is 160 g/mol. The highest BCUT2D eigenvalue weighted by Gasteiger charge is 2.31. The van der Waals surface area contributed by atoms with Crippen LogP contribution in [0, 0.1) is 0 Å². The molecule has 0 radical (unpaired) electrons. The number of nitrogens with zero attached hydrogens (tertiary/aromatic N) is 3. The van der Waals surface area contributed by atoms with E-state index in [-0.39, 0.29) is 6.17 Å². The first-order valence-electron chi connectivity index (χ1n) is 4.37. The maximum absolute atomic E-state index is 4.60. The van der Waals surface area contributed by atoms with Crippen LogP contribution in [0.15, 0.2) is 34.2 Å². The maximum atomic E-state index is 4.60. The number of azo groups is 2. The van der Waals surface area contributed by atoms with Gasteiger partial charge >= 0.3 is 0 Å². The molecule has 0 saturated heterocycles. The minimum atomic E-state index is 0.168. The molecule has 0 spiro atoms.